The van der Waals surface area contributed by atoms with Gasteiger partial charge in [0.15, 0.2) is 0 Å². The van der Waals surface area contributed by atoms with Crippen LogP contribution in [-0.4, -0.2) is 0 Å². The van der Waals surface area contributed by atoms with E-state index < -0.39 is 0 Å². The minimum atomic E-state index is 0. The van der Waals surface area contributed by atoms with Gasteiger partial charge in [-0.1, -0.05) is 115 Å². The standard InChI is InChI=1S/C32H40.Zr/c1-9-10-19-32(8,22-13-11-12-14-22)29-27-20-23(30(2,3)4)15-17-25(27)26-18-16-24(21-28(26)29)31(5,6)7;/h9,11-18,20-22,29H,1,10,19H2,2-8H3;/t32-;/m0./s1. The van der Waals surface area contributed by atoms with Crippen LogP contribution in [0.3, 0.4) is 0 Å². The van der Waals surface area contributed by atoms with Crippen LogP contribution in [0.15, 0.2) is 73.4 Å². The first-order valence-corrected chi connectivity index (χ1v) is 12.2. The van der Waals surface area contributed by atoms with E-state index in [9.17, 15) is 0 Å². The van der Waals surface area contributed by atoms with E-state index in [0.29, 0.717) is 11.8 Å². The van der Waals surface area contributed by atoms with Gasteiger partial charge in [0, 0.05) is 38.0 Å². The molecule has 0 amide bonds. The molecule has 0 aromatic heterocycles. The van der Waals surface area contributed by atoms with Crippen molar-refractivity contribution in [2.24, 2.45) is 11.3 Å². The Labute approximate surface area is 221 Å². The summed E-state index contributed by atoms with van der Waals surface area (Å²) in [5.74, 6) is 0.803. The Kier molecular flexibility index (Phi) is 7.37. The van der Waals surface area contributed by atoms with Gasteiger partial charge < -0.3 is 0 Å². The monoisotopic (exact) mass is 514 g/mol. The van der Waals surface area contributed by atoms with Gasteiger partial charge >= 0.3 is 0 Å². The zero-order valence-electron chi connectivity index (χ0n) is 21.6. The number of allylic oxidation sites excluding steroid dienone is 5. The van der Waals surface area contributed by atoms with Crippen molar-refractivity contribution in [3.8, 4) is 11.1 Å². The number of benzene rings is 2. The first-order valence-electron chi connectivity index (χ1n) is 12.2. The molecule has 0 saturated heterocycles. The fraction of sp³-hybridized carbons (Fsp3) is 0.438. The second kappa shape index (κ2) is 9.30. The van der Waals surface area contributed by atoms with Crippen LogP contribution >= 0.6 is 0 Å². The molecule has 1 heteroatoms. The van der Waals surface area contributed by atoms with Gasteiger partial charge in [-0.15, -0.1) is 6.58 Å². The minimum Gasteiger partial charge on any atom is -0.103 e. The van der Waals surface area contributed by atoms with Gasteiger partial charge in [-0.3, -0.25) is 0 Å². The summed E-state index contributed by atoms with van der Waals surface area (Å²) in [4.78, 5) is 0. The molecule has 0 nitrogen and oxygen atoms in total. The molecule has 0 radical (unpaired) electrons. The van der Waals surface area contributed by atoms with E-state index in [4.69, 9.17) is 0 Å². The van der Waals surface area contributed by atoms with E-state index in [0.717, 1.165) is 12.8 Å². The fourth-order valence-corrected chi connectivity index (χ4v) is 5.69. The molecule has 0 fully saturated rings. The summed E-state index contributed by atoms with van der Waals surface area (Å²) in [6.45, 7) is 20.5. The maximum Gasteiger partial charge on any atom is 0.0164 e. The van der Waals surface area contributed by atoms with E-state index in [-0.39, 0.29) is 42.4 Å². The summed E-state index contributed by atoms with van der Waals surface area (Å²) in [6, 6.07) is 14.5. The average molecular weight is 516 g/mol. The van der Waals surface area contributed by atoms with Crippen molar-refractivity contribution in [3.63, 3.8) is 0 Å². The van der Waals surface area contributed by atoms with Gasteiger partial charge in [-0.25, -0.2) is 0 Å². The quantitative estimate of drug-likeness (QED) is 0.348. The maximum absolute atomic E-state index is 4.06. The molecule has 2 aromatic rings. The van der Waals surface area contributed by atoms with Crippen molar-refractivity contribution < 1.29 is 26.2 Å². The molecule has 2 aliphatic carbocycles. The molecule has 1 atom stereocenters. The summed E-state index contributed by atoms with van der Waals surface area (Å²) in [5.41, 5.74) is 9.08. The number of fused-ring (bicyclic) bond motifs is 3. The SMILES string of the molecule is C=CCC[C@@](C)(C1C=CC=C1)C1c2cc(C(C)(C)C)ccc2-c2ccc(C(C)(C)C)cc21.[Zr]. The second-order valence-electron chi connectivity index (χ2n) is 12.2. The maximum atomic E-state index is 4.06. The van der Waals surface area contributed by atoms with Crippen LogP contribution in [0.4, 0.5) is 0 Å². The van der Waals surface area contributed by atoms with Crippen LogP contribution < -0.4 is 0 Å². The number of hydrogen-bond acceptors (Lipinski definition) is 0. The van der Waals surface area contributed by atoms with Crippen molar-refractivity contribution in [2.45, 2.75) is 78.1 Å². The molecule has 2 aliphatic rings. The van der Waals surface area contributed by atoms with Crippen LogP contribution in [0.2, 0.25) is 0 Å². The normalized spacial score (nSPS) is 17.4. The van der Waals surface area contributed by atoms with Gasteiger partial charge in [0.1, 0.15) is 0 Å². The van der Waals surface area contributed by atoms with E-state index in [1.165, 1.54) is 33.4 Å². The van der Waals surface area contributed by atoms with Crippen molar-refractivity contribution >= 4 is 0 Å². The summed E-state index contributed by atoms with van der Waals surface area (Å²) >= 11 is 0. The molecule has 4 rings (SSSR count). The third-order valence-corrected chi connectivity index (χ3v) is 7.80. The Morgan fingerprint density at radius 2 is 1.21 bits per heavy atom. The predicted octanol–water partition coefficient (Wildman–Crippen LogP) is 9.11. The van der Waals surface area contributed by atoms with Crippen molar-refractivity contribution in [1.29, 1.82) is 0 Å². The van der Waals surface area contributed by atoms with Crippen molar-refractivity contribution in [3.05, 3.63) is 95.6 Å². The van der Waals surface area contributed by atoms with E-state index in [1.807, 2.05) is 0 Å². The van der Waals surface area contributed by atoms with Gasteiger partial charge in [-0.2, -0.15) is 0 Å². The molecule has 0 spiro atoms. The smallest absolute Gasteiger partial charge is 0.0164 e. The minimum absolute atomic E-state index is 0. The van der Waals surface area contributed by atoms with E-state index in [2.05, 4.69) is 122 Å². The zero-order chi connectivity index (χ0) is 23.3. The molecule has 0 aliphatic heterocycles. The van der Waals surface area contributed by atoms with Gasteiger partial charge in [0.2, 0.25) is 0 Å². The van der Waals surface area contributed by atoms with Crippen LogP contribution in [0.1, 0.15) is 89.5 Å². The van der Waals surface area contributed by atoms with E-state index in [1.54, 1.807) is 0 Å². The third kappa shape index (κ3) is 4.73. The number of hydrogen-bond donors (Lipinski definition) is 0. The van der Waals surface area contributed by atoms with Gasteiger partial charge in [0.05, 0.1) is 0 Å². The Balaban J connectivity index is 0.00000306. The molecular formula is C32H40Zr. The Bertz CT molecular complexity index is 1010. The number of rotatable bonds is 5. The van der Waals surface area contributed by atoms with Crippen molar-refractivity contribution in [1.82, 2.24) is 0 Å². The summed E-state index contributed by atoms with van der Waals surface area (Å²) < 4.78 is 0. The molecule has 0 N–H and O–H groups in total. The molecule has 33 heavy (non-hydrogen) atoms. The molecule has 0 unspecified atom stereocenters. The van der Waals surface area contributed by atoms with Crippen LogP contribution in [0, 0.1) is 11.3 Å². The van der Waals surface area contributed by atoms with Crippen molar-refractivity contribution in [2.75, 3.05) is 0 Å². The summed E-state index contributed by atoms with van der Waals surface area (Å²) in [5, 5.41) is 0. The zero-order valence-corrected chi connectivity index (χ0v) is 24.1. The molecular weight excluding hydrogens is 476 g/mol. The largest absolute Gasteiger partial charge is 0.103 e. The topological polar surface area (TPSA) is 0 Å². The summed E-state index contributed by atoms with van der Waals surface area (Å²) in [6.07, 6.45) is 13.5. The molecule has 0 saturated carbocycles. The average Bonchev–Trinajstić information content (AvgIpc) is 3.36. The Morgan fingerprint density at radius 1 is 0.758 bits per heavy atom. The Hall–Kier alpha value is -1.46. The molecule has 0 heterocycles. The van der Waals surface area contributed by atoms with Crippen LogP contribution in [0.5, 0.6) is 0 Å². The van der Waals surface area contributed by atoms with Crippen LogP contribution in [-0.2, 0) is 37.0 Å². The third-order valence-electron chi connectivity index (χ3n) is 7.80. The summed E-state index contributed by atoms with van der Waals surface area (Å²) in [7, 11) is 0. The van der Waals surface area contributed by atoms with Crippen LogP contribution in [0.25, 0.3) is 11.1 Å². The predicted molar refractivity (Wildman–Crippen MR) is 140 cm³/mol. The fourth-order valence-electron chi connectivity index (χ4n) is 5.69. The first kappa shape index (κ1) is 26.2. The first-order chi connectivity index (χ1) is 15.0. The second-order valence-corrected chi connectivity index (χ2v) is 12.2. The van der Waals surface area contributed by atoms with Gasteiger partial charge in [0.25, 0.3) is 0 Å². The molecule has 2 aromatic carbocycles. The van der Waals surface area contributed by atoms with E-state index >= 15 is 0 Å². The Morgan fingerprint density at radius 3 is 1.61 bits per heavy atom. The molecule has 0 bridgehead atoms. The van der Waals surface area contributed by atoms with Gasteiger partial charge in [-0.05, 0) is 62.5 Å². The molecule has 172 valence electrons.